The molecule has 1 aromatic rings. The highest BCUT2D eigenvalue weighted by molar-refractivity contribution is 5.25. The van der Waals surface area contributed by atoms with Crippen molar-refractivity contribution in [2.75, 3.05) is 0 Å². The van der Waals surface area contributed by atoms with Crippen molar-refractivity contribution in [1.29, 1.82) is 0 Å². The summed E-state index contributed by atoms with van der Waals surface area (Å²) in [4.78, 5) is 0. The number of hydrogen-bond acceptors (Lipinski definition) is 3. The van der Waals surface area contributed by atoms with Crippen molar-refractivity contribution in [3.05, 3.63) is 35.6 Å². The zero-order valence-corrected chi connectivity index (χ0v) is 8.00. The molecular formula is C10H14FN3. The van der Waals surface area contributed by atoms with E-state index in [1.807, 2.05) is 13.0 Å². The molecule has 0 spiro atoms. The first-order chi connectivity index (χ1) is 6.70. The van der Waals surface area contributed by atoms with Gasteiger partial charge in [-0.1, -0.05) is 18.2 Å². The van der Waals surface area contributed by atoms with Crippen LogP contribution in [-0.2, 0) is 0 Å². The van der Waals surface area contributed by atoms with Gasteiger partial charge in [-0.2, -0.15) is 0 Å². The van der Waals surface area contributed by atoms with Gasteiger partial charge in [0.1, 0.15) is 5.82 Å². The van der Waals surface area contributed by atoms with Crippen LogP contribution in [0.1, 0.15) is 18.4 Å². The van der Waals surface area contributed by atoms with Crippen LogP contribution in [0.15, 0.2) is 24.3 Å². The summed E-state index contributed by atoms with van der Waals surface area (Å²) in [6.07, 6.45) is -0.234. The van der Waals surface area contributed by atoms with Crippen molar-refractivity contribution < 1.29 is 4.39 Å². The maximum atomic E-state index is 13.5. The Bertz CT molecular complexity index is 319. The molecule has 4 heteroatoms. The van der Waals surface area contributed by atoms with Gasteiger partial charge in [0.2, 0.25) is 0 Å². The van der Waals surface area contributed by atoms with Crippen molar-refractivity contribution in [2.45, 2.75) is 25.0 Å². The number of rotatable bonds is 1. The van der Waals surface area contributed by atoms with Crippen molar-refractivity contribution in [3.63, 3.8) is 0 Å². The van der Waals surface area contributed by atoms with Crippen LogP contribution >= 0.6 is 0 Å². The second-order valence-corrected chi connectivity index (χ2v) is 3.65. The van der Waals surface area contributed by atoms with Gasteiger partial charge in [0.15, 0.2) is 0 Å². The Morgan fingerprint density at radius 1 is 1.29 bits per heavy atom. The number of benzene rings is 1. The van der Waals surface area contributed by atoms with Gasteiger partial charge in [0, 0.05) is 12.0 Å². The average molecular weight is 195 g/mol. The summed E-state index contributed by atoms with van der Waals surface area (Å²) in [6, 6.07) is 6.90. The molecule has 1 aromatic carbocycles. The highest BCUT2D eigenvalue weighted by Gasteiger charge is 2.33. The van der Waals surface area contributed by atoms with Crippen LogP contribution in [0.3, 0.4) is 0 Å². The molecule has 0 aromatic heterocycles. The van der Waals surface area contributed by atoms with E-state index in [2.05, 4.69) is 10.9 Å². The minimum atomic E-state index is -0.234. The smallest absolute Gasteiger partial charge is 0.126 e. The van der Waals surface area contributed by atoms with Crippen LogP contribution in [0.2, 0.25) is 0 Å². The van der Waals surface area contributed by atoms with Crippen LogP contribution in [-0.4, -0.2) is 12.2 Å². The van der Waals surface area contributed by atoms with Gasteiger partial charge >= 0.3 is 0 Å². The molecule has 1 heterocycles. The third kappa shape index (κ3) is 1.52. The first kappa shape index (κ1) is 9.58. The summed E-state index contributed by atoms with van der Waals surface area (Å²) in [5.74, 6) is -0.207. The van der Waals surface area contributed by atoms with E-state index < -0.39 is 0 Å². The first-order valence-electron chi connectivity index (χ1n) is 4.71. The highest BCUT2D eigenvalue weighted by Crippen LogP contribution is 2.26. The summed E-state index contributed by atoms with van der Waals surface area (Å²) >= 11 is 0. The number of hydrazine groups is 1. The van der Waals surface area contributed by atoms with Gasteiger partial charge in [-0.15, -0.1) is 0 Å². The quantitative estimate of drug-likeness (QED) is 0.618. The Morgan fingerprint density at radius 2 is 2.00 bits per heavy atom. The van der Waals surface area contributed by atoms with E-state index in [1.54, 1.807) is 12.1 Å². The Kier molecular flexibility index (Phi) is 2.50. The molecule has 76 valence electrons. The van der Waals surface area contributed by atoms with Crippen LogP contribution < -0.4 is 16.6 Å². The van der Waals surface area contributed by atoms with E-state index in [-0.39, 0.29) is 23.9 Å². The topological polar surface area (TPSA) is 50.1 Å². The lowest BCUT2D eigenvalue weighted by Crippen LogP contribution is -2.38. The molecule has 3 nitrogen and oxygen atoms in total. The largest absolute Gasteiger partial charge is 0.314 e. The Labute approximate surface area is 82.5 Å². The van der Waals surface area contributed by atoms with Gasteiger partial charge in [-0.05, 0) is 18.6 Å². The summed E-state index contributed by atoms with van der Waals surface area (Å²) in [5.41, 5.74) is 12.4. The molecule has 3 unspecified atom stereocenters. The zero-order valence-electron chi connectivity index (χ0n) is 8.00. The number of nitrogens with two attached hydrogens (primary N) is 1. The average Bonchev–Trinajstić information content (AvgIpc) is 2.48. The molecule has 14 heavy (non-hydrogen) atoms. The lowest BCUT2D eigenvalue weighted by molar-refractivity contribution is 0.514. The van der Waals surface area contributed by atoms with Crippen molar-refractivity contribution in [1.82, 2.24) is 10.9 Å². The third-order valence-corrected chi connectivity index (χ3v) is 2.67. The molecule has 1 aliphatic rings. The third-order valence-electron chi connectivity index (χ3n) is 2.67. The van der Waals surface area contributed by atoms with Crippen molar-refractivity contribution >= 4 is 0 Å². The van der Waals surface area contributed by atoms with Crippen LogP contribution in [0, 0.1) is 5.82 Å². The number of nitrogens with one attached hydrogen (secondary N) is 2. The molecule has 0 amide bonds. The minimum absolute atomic E-state index is 0.0174. The molecular weight excluding hydrogens is 181 g/mol. The fourth-order valence-corrected chi connectivity index (χ4v) is 1.93. The van der Waals surface area contributed by atoms with E-state index in [1.165, 1.54) is 6.07 Å². The van der Waals surface area contributed by atoms with E-state index in [9.17, 15) is 4.39 Å². The summed E-state index contributed by atoms with van der Waals surface area (Å²) in [7, 11) is 0. The Balaban J connectivity index is 2.34. The highest BCUT2D eigenvalue weighted by atomic mass is 19.1. The molecule has 0 saturated carbocycles. The number of halogens is 1. The predicted molar refractivity (Wildman–Crippen MR) is 52.8 cm³/mol. The SMILES string of the molecule is CC1NNC(N)C1c1ccccc1F. The molecule has 4 N–H and O–H groups in total. The molecule has 0 aliphatic carbocycles. The van der Waals surface area contributed by atoms with E-state index in [4.69, 9.17) is 5.73 Å². The molecule has 1 fully saturated rings. The molecule has 1 saturated heterocycles. The fraction of sp³-hybridized carbons (Fsp3) is 0.400. The monoisotopic (exact) mass is 195 g/mol. The Morgan fingerprint density at radius 3 is 2.57 bits per heavy atom. The maximum Gasteiger partial charge on any atom is 0.126 e. The molecule has 0 bridgehead atoms. The summed E-state index contributed by atoms with van der Waals surface area (Å²) < 4.78 is 13.5. The molecule has 0 radical (unpaired) electrons. The number of hydrogen-bond donors (Lipinski definition) is 3. The fourth-order valence-electron chi connectivity index (χ4n) is 1.93. The van der Waals surface area contributed by atoms with Gasteiger partial charge < -0.3 is 5.73 Å². The second kappa shape index (κ2) is 3.65. The zero-order chi connectivity index (χ0) is 10.1. The van der Waals surface area contributed by atoms with Crippen LogP contribution in [0.25, 0.3) is 0 Å². The van der Waals surface area contributed by atoms with E-state index in [0.717, 1.165) is 0 Å². The normalized spacial score (nSPS) is 32.1. The van der Waals surface area contributed by atoms with Gasteiger partial charge in [0.25, 0.3) is 0 Å². The predicted octanol–water partition coefficient (Wildman–Crippen LogP) is 0.690. The van der Waals surface area contributed by atoms with Crippen LogP contribution in [0.5, 0.6) is 0 Å². The maximum absolute atomic E-state index is 13.5. The van der Waals surface area contributed by atoms with Crippen molar-refractivity contribution in [2.24, 2.45) is 5.73 Å². The second-order valence-electron chi connectivity index (χ2n) is 3.65. The molecule has 1 aliphatic heterocycles. The van der Waals surface area contributed by atoms with Gasteiger partial charge in [0.05, 0.1) is 6.17 Å². The molecule has 3 atom stereocenters. The van der Waals surface area contributed by atoms with Crippen LogP contribution in [0.4, 0.5) is 4.39 Å². The first-order valence-corrected chi connectivity index (χ1v) is 4.71. The lowest BCUT2D eigenvalue weighted by Gasteiger charge is -2.18. The van der Waals surface area contributed by atoms with E-state index in [0.29, 0.717) is 5.56 Å². The summed E-state index contributed by atoms with van der Waals surface area (Å²) in [5, 5.41) is 0. The van der Waals surface area contributed by atoms with E-state index >= 15 is 0 Å². The summed E-state index contributed by atoms with van der Waals surface area (Å²) in [6.45, 7) is 1.98. The Hall–Kier alpha value is -0.970. The lowest BCUT2D eigenvalue weighted by atomic mass is 9.91. The minimum Gasteiger partial charge on any atom is -0.314 e. The van der Waals surface area contributed by atoms with Crippen molar-refractivity contribution in [3.8, 4) is 0 Å². The molecule has 2 rings (SSSR count). The van der Waals surface area contributed by atoms with Gasteiger partial charge in [-0.3, -0.25) is 5.43 Å². The standard InChI is InChI=1S/C10H14FN3/c1-6-9(10(12)14-13-6)7-4-2-3-5-8(7)11/h2-6,9-10,13-14H,12H2,1H3. The van der Waals surface area contributed by atoms with Gasteiger partial charge in [-0.25, -0.2) is 9.82 Å².